The molecule has 0 saturated heterocycles. The number of benzene rings is 2. The molecule has 6 nitrogen and oxygen atoms in total. The van der Waals surface area contributed by atoms with E-state index in [0.29, 0.717) is 27.7 Å². The zero-order chi connectivity index (χ0) is 21.1. The summed E-state index contributed by atoms with van der Waals surface area (Å²) >= 11 is 6.27. The van der Waals surface area contributed by atoms with Crippen LogP contribution in [-0.4, -0.2) is 30.1 Å². The average molecular weight is 422 g/mol. The molecule has 4 rings (SSSR count). The Labute approximate surface area is 179 Å². The predicted octanol–water partition coefficient (Wildman–Crippen LogP) is 3.82. The Morgan fingerprint density at radius 1 is 1.17 bits per heavy atom. The molecule has 7 heteroatoms. The van der Waals surface area contributed by atoms with Gasteiger partial charge in [-0.15, -0.1) is 0 Å². The summed E-state index contributed by atoms with van der Waals surface area (Å²) in [4.78, 5) is 31.9. The van der Waals surface area contributed by atoms with Crippen LogP contribution in [0.15, 0.2) is 76.3 Å². The van der Waals surface area contributed by atoms with E-state index in [1.807, 2.05) is 30.3 Å². The number of carbonyl (C=O) groups excluding carboxylic acids is 2. The maximum Gasteiger partial charge on any atom is 0.252 e. The van der Waals surface area contributed by atoms with Crippen molar-refractivity contribution in [3.8, 4) is 0 Å². The zero-order valence-electron chi connectivity index (χ0n) is 16.3. The van der Waals surface area contributed by atoms with Gasteiger partial charge in [-0.05, 0) is 37.3 Å². The molecule has 0 saturated carbocycles. The highest BCUT2D eigenvalue weighted by Gasteiger charge is 2.31. The van der Waals surface area contributed by atoms with E-state index in [1.165, 1.54) is 4.90 Å². The first-order valence-electron chi connectivity index (χ1n) is 9.56. The van der Waals surface area contributed by atoms with Crippen molar-refractivity contribution in [2.45, 2.75) is 19.5 Å². The molecule has 0 bridgehead atoms. The van der Waals surface area contributed by atoms with Crippen LogP contribution < -0.4 is 10.2 Å². The molecule has 2 heterocycles. The monoisotopic (exact) mass is 421 g/mol. The molecule has 1 aromatic heterocycles. The smallest absolute Gasteiger partial charge is 0.252 e. The first kappa shape index (κ1) is 19.9. The summed E-state index contributed by atoms with van der Waals surface area (Å²) in [5, 5.41) is 3.31. The number of hydrogen-bond donors (Lipinski definition) is 1. The SMILES string of the molecule is CC1N=C(c2ccccc2)c2cc(Cl)ccc2N(CC(=O)NCc2ccco2)C1=O. The Morgan fingerprint density at radius 2 is 1.97 bits per heavy atom. The molecule has 3 aromatic rings. The minimum Gasteiger partial charge on any atom is -0.467 e. The fourth-order valence-electron chi connectivity index (χ4n) is 3.38. The molecule has 0 fully saturated rings. The van der Waals surface area contributed by atoms with E-state index in [2.05, 4.69) is 10.3 Å². The van der Waals surface area contributed by atoms with Gasteiger partial charge in [0.2, 0.25) is 5.91 Å². The number of benzodiazepines with no additional fused rings is 1. The lowest BCUT2D eigenvalue weighted by molar-refractivity contribution is -0.124. The third kappa shape index (κ3) is 4.14. The van der Waals surface area contributed by atoms with Crippen LogP contribution in [0.3, 0.4) is 0 Å². The third-order valence-electron chi connectivity index (χ3n) is 4.84. The van der Waals surface area contributed by atoms with Gasteiger partial charge >= 0.3 is 0 Å². The maximum atomic E-state index is 13.1. The van der Waals surface area contributed by atoms with Crippen LogP contribution in [0.1, 0.15) is 23.8 Å². The number of hydrogen-bond acceptors (Lipinski definition) is 4. The van der Waals surface area contributed by atoms with Crippen LogP contribution in [0.5, 0.6) is 0 Å². The first-order chi connectivity index (χ1) is 14.5. The van der Waals surface area contributed by atoms with E-state index in [9.17, 15) is 9.59 Å². The van der Waals surface area contributed by atoms with Crippen molar-refractivity contribution in [1.82, 2.24) is 5.32 Å². The minimum atomic E-state index is -0.649. The summed E-state index contributed by atoms with van der Waals surface area (Å²) in [6.45, 7) is 1.85. The van der Waals surface area contributed by atoms with Crippen LogP contribution in [0.2, 0.25) is 5.02 Å². The van der Waals surface area contributed by atoms with Gasteiger partial charge in [0.1, 0.15) is 18.3 Å². The molecule has 1 N–H and O–H groups in total. The van der Waals surface area contributed by atoms with Gasteiger partial charge in [0.15, 0.2) is 0 Å². The van der Waals surface area contributed by atoms with Crippen LogP contribution in [-0.2, 0) is 16.1 Å². The molecule has 0 spiro atoms. The Balaban J connectivity index is 1.67. The largest absolute Gasteiger partial charge is 0.467 e. The fourth-order valence-corrected chi connectivity index (χ4v) is 3.56. The molecule has 1 unspecified atom stereocenters. The second-order valence-electron chi connectivity index (χ2n) is 6.96. The van der Waals surface area contributed by atoms with Crippen LogP contribution in [0, 0.1) is 0 Å². The summed E-state index contributed by atoms with van der Waals surface area (Å²) in [6.07, 6.45) is 1.55. The Bertz CT molecular complexity index is 1090. The summed E-state index contributed by atoms with van der Waals surface area (Å²) < 4.78 is 5.24. The van der Waals surface area contributed by atoms with Crippen molar-refractivity contribution in [2.75, 3.05) is 11.4 Å². The van der Waals surface area contributed by atoms with Gasteiger partial charge in [-0.2, -0.15) is 0 Å². The van der Waals surface area contributed by atoms with Crippen molar-refractivity contribution in [3.05, 3.63) is 88.8 Å². The summed E-state index contributed by atoms with van der Waals surface area (Å²) in [5.41, 5.74) is 2.87. The minimum absolute atomic E-state index is 0.129. The predicted molar refractivity (Wildman–Crippen MR) is 116 cm³/mol. The maximum absolute atomic E-state index is 13.1. The van der Waals surface area contributed by atoms with Gasteiger partial charge in [-0.1, -0.05) is 41.9 Å². The van der Waals surface area contributed by atoms with Gasteiger partial charge < -0.3 is 14.6 Å². The van der Waals surface area contributed by atoms with E-state index in [-0.39, 0.29) is 24.9 Å². The molecule has 2 aromatic carbocycles. The van der Waals surface area contributed by atoms with Gasteiger partial charge in [0, 0.05) is 16.1 Å². The summed E-state index contributed by atoms with van der Waals surface area (Å²) in [7, 11) is 0. The van der Waals surface area contributed by atoms with E-state index in [1.54, 1.807) is 43.5 Å². The molecule has 2 amide bonds. The highest BCUT2D eigenvalue weighted by Crippen LogP contribution is 2.30. The second-order valence-corrected chi connectivity index (χ2v) is 7.40. The molecule has 1 aliphatic heterocycles. The zero-order valence-corrected chi connectivity index (χ0v) is 17.1. The van der Waals surface area contributed by atoms with Crippen LogP contribution in [0.4, 0.5) is 5.69 Å². The summed E-state index contributed by atoms with van der Waals surface area (Å²) in [6, 6.07) is 17.7. The van der Waals surface area contributed by atoms with Crippen molar-refractivity contribution in [3.63, 3.8) is 0 Å². The molecule has 30 heavy (non-hydrogen) atoms. The van der Waals surface area contributed by atoms with Crippen LogP contribution >= 0.6 is 11.6 Å². The quantitative estimate of drug-likeness (QED) is 0.680. The summed E-state index contributed by atoms with van der Waals surface area (Å²) in [5.74, 6) is 0.0921. The standard InChI is InChI=1S/C23H20ClN3O3/c1-15-23(29)27(14-21(28)25-13-18-8-5-11-30-18)20-10-9-17(24)12-19(20)22(26-15)16-6-3-2-4-7-16/h2-12,15H,13-14H2,1H3,(H,25,28). The molecule has 152 valence electrons. The normalized spacial score (nSPS) is 15.9. The lowest BCUT2D eigenvalue weighted by atomic mass is 10.00. The van der Waals surface area contributed by atoms with Crippen molar-refractivity contribution in [1.29, 1.82) is 0 Å². The number of nitrogens with zero attached hydrogens (tertiary/aromatic N) is 2. The molecular weight excluding hydrogens is 402 g/mol. The Hall–Kier alpha value is -3.38. The van der Waals surface area contributed by atoms with E-state index < -0.39 is 6.04 Å². The Kier molecular flexibility index (Phi) is 5.68. The highest BCUT2D eigenvalue weighted by atomic mass is 35.5. The molecule has 1 aliphatic rings. The first-order valence-corrected chi connectivity index (χ1v) is 9.94. The number of fused-ring (bicyclic) bond motifs is 1. The number of furan rings is 1. The lowest BCUT2D eigenvalue weighted by Gasteiger charge is -2.24. The average Bonchev–Trinajstić information content (AvgIpc) is 3.25. The van der Waals surface area contributed by atoms with Crippen molar-refractivity contribution >= 4 is 34.8 Å². The fraction of sp³-hybridized carbons (Fsp3) is 0.174. The number of halogens is 1. The number of aliphatic imine (C=N–C) groups is 1. The number of carbonyl (C=O) groups is 2. The van der Waals surface area contributed by atoms with E-state index >= 15 is 0 Å². The van der Waals surface area contributed by atoms with Gasteiger partial charge in [-0.25, -0.2) is 0 Å². The second kappa shape index (κ2) is 8.55. The van der Waals surface area contributed by atoms with Gasteiger partial charge in [0.05, 0.1) is 24.2 Å². The molecule has 0 radical (unpaired) electrons. The number of nitrogens with one attached hydrogen (secondary N) is 1. The van der Waals surface area contributed by atoms with Crippen LogP contribution in [0.25, 0.3) is 0 Å². The Morgan fingerprint density at radius 3 is 2.70 bits per heavy atom. The molecular formula is C23H20ClN3O3. The number of anilines is 1. The third-order valence-corrected chi connectivity index (χ3v) is 5.07. The van der Waals surface area contributed by atoms with Crippen molar-refractivity contribution < 1.29 is 14.0 Å². The number of rotatable bonds is 5. The van der Waals surface area contributed by atoms with Gasteiger partial charge in [0.25, 0.3) is 5.91 Å². The van der Waals surface area contributed by atoms with E-state index in [4.69, 9.17) is 16.0 Å². The molecule has 1 atom stereocenters. The topological polar surface area (TPSA) is 74.9 Å². The molecule has 0 aliphatic carbocycles. The lowest BCUT2D eigenvalue weighted by Crippen LogP contribution is -2.43. The van der Waals surface area contributed by atoms with Gasteiger partial charge in [-0.3, -0.25) is 14.6 Å². The number of amides is 2. The van der Waals surface area contributed by atoms with E-state index in [0.717, 1.165) is 5.56 Å². The highest BCUT2D eigenvalue weighted by molar-refractivity contribution is 6.32. The van der Waals surface area contributed by atoms with Crippen molar-refractivity contribution in [2.24, 2.45) is 4.99 Å².